The van der Waals surface area contributed by atoms with Gasteiger partial charge in [-0.1, -0.05) is 0 Å². The lowest BCUT2D eigenvalue weighted by Gasteiger charge is -2.34. The van der Waals surface area contributed by atoms with Crippen molar-refractivity contribution in [2.45, 2.75) is 12.6 Å². The smallest absolute Gasteiger partial charge is 0.354 e. The Kier molecular flexibility index (Phi) is 5.14. The van der Waals surface area contributed by atoms with Gasteiger partial charge in [-0.3, -0.25) is 4.57 Å². The van der Waals surface area contributed by atoms with Crippen molar-refractivity contribution in [2.75, 3.05) is 36.8 Å². The van der Waals surface area contributed by atoms with Crippen LogP contribution in [0, 0.1) is 0 Å². The van der Waals surface area contributed by atoms with Crippen molar-refractivity contribution in [1.29, 1.82) is 0 Å². The molecule has 1 aliphatic rings. The van der Waals surface area contributed by atoms with E-state index in [4.69, 9.17) is 0 Å². The summed E-state index contributed by atoms with van der Waals surface area (Å²) in [6, 6.07) is 1.75. The number of rotatable bonds is 5. The number of hydrogen-bond donors (Lipinski definition) is 0. The molecule has 26 heavy (non-hydrogen) atoms. The van der Waals surface area contributed by atoms with Crippen LogP contribution in [0.2, 0.25) is 0 Å². The number of alkyl halides is 3. The first-order chi connectivity index (χ1) is 12.2. The summed E-state index contributed by atoms with van der Waals surface area (Å²) in [6.45, 7) is 0.909. The van der Waals surface area contributed by atoms with E-state index in [1.165, 1.54) is 6.33 Å². The third-order valence-corrected chi connectivity index (χ3v) is 5.88. The quantitative estimate of drug-likeness (QED) is 0.759. The van der Waals surface area contributed by atoms with Gasteiger partial charge in [-0.05, 0) is 0 Å². The molecule has 3 heterocycles. The van der Waals surface area contributed by atoms with Crippen LogP contribution in [0.25, 0.3) is 5.82 Å². The Balaban J connectivity index is 1.63. The Bertz CT molecular complexity index is 833. The number of hydrogen-bond acceptors (Lipinski definition) is 6. The first-order valence-corrected chi connectivity index (χ1v) is 9.45. The number of halogens is 3. The van der Waals surface area contributed by atoms with Crippen molar-refractivity contribution < 1.29 is 21.6 Å². The summed E-state index contributed by atoms with van der Waals surface area (Å²) in [5.41, 5.74) is 0. The second kappa shape index (κ2) is 7.19. The summed E-state index contributed by atoms with van der Waals surface area (Å²) in [6.07, 6.45) is 0.521. The molecule has 1 saturated heterocycles. The minimum atomic E-state index is -4.49. The van der Waals surface area contributed by atoms with Crippen LogP contribution in [-0.4, -0.2) is 70.4 Å². The van der Waals surface area contributed by atoms with Crippen LogP contribution in [0.3, 0.4) is 0 Å². The van der Waals surface area contributed by atoms with Crippen molar-refractivity contribution in [2.24, 2.45) is 0 Å². The van der Waals surface area contributed by atoms with Gasteiger partial charge in [-0.2, -0.15) is 17.5 Å². The standard InChI is InChI=1S/C14H17F3N6O2S/c15-14(16,17)1-8-26(24,25)23-6-4-21(5-7-23)12-9-13(20-10-19-12)22-3-2-18-11-22/h2-3,9-11H,1,4-8H2. The molecule has 0 unspecified atom stereocenters. The summed E-state index contributed by atoms with van der Waals surface area (Å²) in [5.74, 6) is 0.318. The maximum Gasteiger partial charge on any atom is 0.390 e. The van der Waals surface area contributed by atoms with E-state index < -0.39 is 28.4 Å². The SMILES string of the molecule is O=S(=O)(CCC(F)(F)F)N1CCN(c2cc(-n3ccnc3)ncn2)CC1. The third-order valence-electron chi connectivity index (χ3n) is 4.01. The molecule has 0 N–H and O–H groups in total. The fraction of sp³-hybridized carbons (Fsp3) is 0.500. The highest BCUT2D eigenvalue weighted by Crippen LogP contribution is 2.22. The number of aromatic nitrogens is 4. The molecule has 0 spiro atoms. The zero-order valence-corrected chi connectivity index (χ0v) is 14.5. The highest BCUT2D eigenvalue weighted by Gasteiger charge is 2.33. The Morgan fingerprint density at radius 3 is 2.38 bits per heavy atom. The molecule has 0 radical (unpaired) electrons. The molecule has 0 bridgehead atoms. The molecule has 142 valence electrons. The van der Waals surface area contributed by atoms with Crippen LogP contribution >= 0.6 is 0 Å². The summed E-state index contributed by atoms with van der Waals surface area (Å²) in [4.78, 5) is 14.2. The lowest BCUT2D eigenvalue weighted by Crippen LogP contribution is -2.49. The molecule has 8 nitrogen and oxygen atoms in total. The summed E-state index contributed by atoms with van der Waals surface area (Å²) in [5, 5.41) is 0. The van der Waals surface area contributed by atoms with E-state index in [0.717, 1.165) is 4.31 Å². The van der Waals surface area contributed by atoms with Gasteiger partial charge in [-0.25, -0.2) is 23.4 Å². The molecular weight excluding hydrogens is 373 g/mol. The van der Waals surface area contributed by atoms with Gasteiger partial charge in [-0.15, -0.1) is 0 Å². The van der Waals surface area contributed by atoms with Crippen molar-refractivity contribution in [3.05, 3.63) is 31.1 Å². The number of sulfonamides is 1. The average Bonchev–Trinajstić information content (AvgIpc) is 3.15. The van der Waals surface area contributed by atoms with Gasteiger partial charge in [0.25, 0.3) is 0 Å². The molecular formula is C14H17F3N6O2S. The van der Waals surface area contributed by atoms with Gasteiger partial charge in [0.15, 0.2) is 0 Å². The van der Waals surface area contributed by atoms with E-state index in [0.29, 0.717) is 24.7 Å². The minimum Gasteiger partial charge on any atom is -0.354 e. The molecule has 3 rings (SSSR count). The molecule has 0 aliphatic carbocycles. The number of piperazine rings is 1. The molecule has 0 saturated carbocycles. The fourth-order valence-electron chi connectivity index (χ4n) is 2.62. The Labute approximate surface area is 148 Å². The van der Waals surface area contributed by atoms with Crippen molar-refractivity contribution in [3.8, 4) is 5.82 Å². The van der Waals surface area contributed by atoms with Crippen molar-refractivity contribution >= 4 is 15.8 Å². The molecule has 0 amide bonds. The van der Waals surface area contributed by atoms with Gasteiger partial charge >= 0.3 is 6.18 Å². The van der Waals surface area contributed by atoms with Crippen LogP contribution in [0.4, 0.5) is 19.0 Å². The zero-order valence-electron chi connectivity index (χ0n) is 13.7. The average molecular weight is 390 g/mol. The summed E-state index contributed by atoms with van der Waals surface area (Å²) >= 11 is 0. The normalized spacial score (nSPS) is 16.8. The summed E-state index contributed by atoms with van der Waals surface area (Å²) < 4.78 is 63.8. The first kappa shape index (κ1) is 18.6. The number of nitrogens with zero attached hydrogens (tertiary/aromatic N) is 6. The van der Waals surface area contributed by atoms with Gasteiger partial charge < -0.3 is 4.90 Å². The molecule has 2 aromatic rings. The minimum absolute atomic E-state index is 0.116. The lowest BCUT2D eigenvalue weighted by molar-refractivity contribution is -0.130. The molecule has 1 fully saturated rings. The van der Waals surface area contributed by atoms with E-state index in [9.17, 15) is 21.6 Å². The third kappa shape index (κ3) is 4.49. The number of anilines is 1. The van der Waals surface area contributed by atoms with Gasteiger partial charge in [0.1, 0.15) is 24.3 Å². The molecule has 0 atom stereocenters. The molecule has 12 heteroatoms. The molecule has 2 aromatic heterocycles. The van der Waals surface area contributed by atoms with E-state index in [1.807, 2.05) is 4.90 Å². The van der Waals surface area contributed by atoms with Crippen molar-refractivity contribution in [1.82, 2.24) is 23.8 Å². The molecule has 0 aromatic carbocycles. The monoisotopic (exact) mass is 390 g/mol. The Morgan fingerprint density at radius 2 is 1.77 bits per heavy atom. The van der Waals surface area contributed by atoms with Crippen LogP contribution < -0.4 is 4.90 Å². The lowest BCUT2D eigenvalue weighted by atomic mass is 10.3. The predicted molar refractivity (Wildman–Crippen MR) is 87.4 cm³/mol. The van der Waals surface area contributed by atoms with E-state index in [2.05, 4.69) is 15.0 Å². The largest absolute Gasteiger partial charge is 0.390 e. The highest BCUT2D eigenvalue weighted by atomic mass is 32.2. The van der Waals surface area contributed by atoms with Crippen LogP contribution in [0.5, 0.6) is 0 Å². The topological polar surface area (TPSA) is 84.2 Å². The summed E-state index contributed by atoms with van der Waals surface area (Å²) in [7, 11) is -3.92. The maximum absolute atomic E-state index is 12.3. The van der Waals surface area contributed by atoms with E-state index in [-0.39, 0.29) is 13.1 Å². The van der Waals surface area contributed by atoms with Gasteiger partial charge in [0, 0.05) is 44.6 Å². The first-order valence-electron chi connectivity index (χ1n) is 7.84. The van der Waals surface area contributed by atoms with Gasteiger partial charge in [0.05, 0.1) is 12.2 Å². The second-order valence-corrected chi connectivity index (χ2v) is 7.86. The Hall–Kier alpha value is -2.21. The van der Waals surface area contributed by atoms with Gasteiger partial charge in [0.2, 0.25) is 10.0 Å². The van der Waals surface area contributed by atoms with E-state index >= 15 is 0 Å². The zero-order chi connectivity index (χ0) is 18.8. The van der Waals surface area contributed by atoms with Crippen LogP contribution in [0.1, 0.15) is 6.42 Å². The fourth-order valence-corrected chi connectivity index (χ4v) is 4.08. The maximum atomic E-state index is 12.3. The van der Waals surface area contributed by atoms with Crippen molar-refractivity contribution in [3.63, 3.8) is 0 Å². The second-order valence-electron chi connectivity index (χ2n) is 5.77. The molecule has 1 aliphatic heterocycles. The highest BCUT2D eigenvalue weighted by molar-refractivity contribution is 7.89. The number of imidazole rings is 1. The van der Waals surface area contributed by atoms with Crippen LogP contribution in [0.15, 0.2) is 31.1 Å². The van der Waals surface area contributed by atoms with E-state index in [1.54, 1.807) is 29.4 Å². The Morgan fingerprint density at radius 1 is 1.08 bits per heavy atom. The predicted octanol–water partition coefficient (Wildman–Crippen LogP) is 1.07. The van der Waals surface area contributed by atoms with Crippen LogP contribution in [-0.2, 0) is 10.0 Å².